The Kier molecular flexibility index (Phi) is 4.18. The van der Waals surface area contributed by atoms with Crippen LogP contribution in [0.25, 0.3) is 0 Å². The molecule has 1 saturated heterocycles. The number of ether oxygens (including phenoxy) is 2. The molecule has 13 heavy (non-hydrogen) atoms. The number of amides is 1. The van der Waals surface area contributed by atoms with Crippen LogP contribution in [-0.2, 0) is 14.3 Å². The monoisotopic (exact) mass is 187 g/mol. The molecule has 0 aliphatic carbocycles. The fraction of sp³-hybridized carbons (Fsp3) is 0.889. The van der Waals surface area contributed by atoms with Crippen molar-refractivity contribution in [2.24, 2.45) is 0 Å². The molecule has 0 bridgehead atoms. The summed E-state index contributed by atoms with van der Waals surface area (Å²) in [6.07, 6.45) is 1.36. The molecule has 1 amide bonds. The van der Waals surface area contributed by atoms with Gasteiger partial charge >= 0.3 is 0 Å². The summed E-state index contributed by atoms with van der Waals surface area (Å²) in [5.74, 6) is 0.0777. The number of rotatable bonds is 3. The van der Waals surface area contributed by atoms with Crippen molar-refractivity contribution in [3.05, 3.63) is 0 Å². The second kappa shape index (κ2) is 5.19. The predicted molar refractivity (Wildman–Crippen MR) is 48.5 cm³/mol. The largest absolute Gasteiger partial charge is 0.379 e. The minimum absolute atomic E-state index is 0.00394. The molecular formula is C9H17NO3. The van der Waals surface area contributed by atoms with E-state index in [2.05, 4.69) is 5.32 Å². The summed E-state index contributed by atoms with van der Waals surface area (Å²) in [7, 11) is 1.64. The fourth-order valence-corrected chi connectivity index (χ4v) is 1.42. The summed E-state index contributed by atoms with van der Waals surface area (Å²) < 4.78 is 10.5. The van der Waals surface area contributed by atoms with Crippen molar-refractivity contribution in [2.45, 2.75) is 31.9 Å². The molecule has 1 N–H and O–H groups in total. The van der Waals surface area contributed by atoms with Gasteiger partial charge in [0, 0.05) is 20.1 Å². The molecule has 2 unspecified atom stereocenters. The summed E-state index contributed by atoms with van der Waals surface area (Å²) in [5.41, 5.74) is 0. The van der Waals surface area contributed by atoms with E-state index in [1.165, 1.54) is 0 Å². The third-order valence-corrected chi connectivity index (χ3v) is 2.27. The maximum atomic E-state index is 11.1. The first-order valence-corrected chi connectivity index (χ1v) is 4.67. The lowest BCUT2D eigenvalue weighted by Gasteiger charge is -2.30. The van der Waals surface area contributed by atoms with Gasteiger partial charge in [-0.25, -0.2) is 0 Å². The highest BCUT2D eigenvalue weighted by atomic mass is 16.5. The van der Waals surface area contributed by atoms with Crippen LogP contribution in [0.1, 0.15) is 19.8 Å². The highest BCUT2D eigenvalue weighted by Gasteiger charge is 2.26. The predicted octanol–water partition coefficient (Wildman–Crippen LogP) is 0.316. The summed E-state index contributed by atoms with van der Waals surface area (Å²) in [6, 6.07) is 0.117. The van der Waals surface area contributed by atoms with Gasteiger partial charge < -0.3 is 14.8 Å². The highest BCUT2D eigenvalue weighted by Crippen LogP contribution is 2.10. The van der Waals surface area contributed by atoms with Crippen LogP contribution in [0.5, 0.6) is 0 Å². The molecule has 0 spiro atoms. The Morgan fingerprint density at radius 3 is 3.08 bits per heavy atom. The van der Waals surface area contributed by atoms with E-state index in [1.807, 2.05) is 6.92 Å². The average Bonchev–Trinajstić information content (AvgIpc) is 2.18. The molecule has 0 saturated carbocycles. The van der Waals surface area contributed by atoms with Gasteiger partial charge in [-0.1, -0.05) is 6.92 Å². The van der Waals surface area contributed by atoms with Crippen molar-refractivity contribution in [1.82, 2.24) is 5.32 Å². The van der Waals surface area contributed by atoms with E-state index in [1.54, 1.807) is 7.11 Å². The minimum atomic E-state index is 0.00394. The van der Waals surface area contributed by atoms with Crippen LogP contribution in [0.4, 0.5) is 0 Å². The highest BCUT2D eigenvalue weighted by molar-refractivity contribution is 5.75. The van der Waals surface area contributed by atoms with Gasteiger partial charge in [0.2, 0.25) is 5.91 Å². The van der Waals surface area contributed by atoms with Gasteiger partial charge in [0.1, 0.15) is 6.10 Å². The Morgan fingerprint density at radius 1 is 1.69 bits per heavy atom. The molecule has 0 aromatic carbocycles. The molecule has 4 heteroatoms. The van der Waals surface area contributed by atoms with Crippen LogP contribution in [0.2, 0.25) is 0 Å². The number of hydrogen-bond acceptors (Lipinski definition) is 3. The number of methoxy groups -OCH3 is 1. The van der Waals surface area contributed by atoms with Gasteiger partial charge in [0.15, 0.2) is 0 Å². The van der Waals surface area contributed by atoms with Crippen molar-refractivity contribution >= 4 is 5.91 Å². The maximum Gasteiger partial charge on any atom is 0.220 e. The molecule has 0 aromatic heterocycles. The van der Waals surface area contributed by atoms with Crippen molar-refractivity contribution in [3.8, 4) is 0 Å². The maximum absolute atomic E-state index is 11.1. The zero-order valence-electron chi connectivity index (χ0n) is 8.21. The lowest BCUT2D eigenvalue weighted by atomic mass is 10.1. The Bertz CT molecular complexity index is 172. The van der Waals surface area contributed by atoms with Gasteiger partial charge in [0.25, 0.3) is 0 Å². The van der Waals surface area contributed by atoms with Crippen LogP contribution < -0.4 is 5.32 Å². The first kappa shape index (κ1) is 10.5. The first-order valence-electron chi connectivity index (χ1n) is 4.67. The van der Waals surface area contributed by atoms with Crippen LogP contribution in [-0.4, -0.2) is 38.4 Å². The SMILES string of the molecule is CCC(=O)NC1CCOCC1OC. The van der Waals surface area contributed by atoms with Gasteiger partial charge in [-0.05, 0) is 6.42 Å². The summed E-state index contributed by atoms with van der Waals surface area (Å²) in [5, 5.41) is 2.93. The average molecular weight is 187 g/mol. The smallest absolute Gasteiger partial charge is 0.220 e. The fourth-order valence-electron chi connectivity index (χ4n) is 1.42. The number of nitrogens with one attached hydrogen (secondary N) is 1. The first-order chi connectivity index (χ1) is 6.27. The minimum Gasteiger partial charge on any atom is -0.379 e. The molecular weight excluding hydrogens is 170 g/mol. The summed E-state index contributed by atoms with van der Waals surface area (Å²) in [4.78, 5) is 11.1. The van der Waals surface area contributed by atoms with Crippen molar-refractivity contribution in [3.63, 3.8) is 0 Å². The van der Waals surface area contributed by atoms with E-state index < -0.39 is 0 Å². The lowest BCUT2D eigenvalue weighted by molar-refractivity contribution is -0.124. The van der Waals surface area contributed by atoms with E-state index in [9.17, 15) is 4.79 Å². The normalized spacial score (nSPS) is 28.5. The van der Waals surface area contributed by atoms with Gasteiger partial charge in [-0.3, -0.25) is 4.79 Å². The molecule has 1 rings (SSSR count). The van der Waals surface area contributed by atoms with E-state index in [0.717, 1.165) is 6.42 Å². The number of carbonyl (C=O) groups excluding carboxylic acids is 1. The molecule has 1 aliphatic rings. The zero-order valence-corrected chi connectivity index (χ0v) is 8.21. The van der Waals surface area contributed by atoms with Crippen molar-refractivity contribution in [2.75, 3.05) is 20.3 Å². The Morgan fingerprint density at radius 2 is 2.46 bits per heavy atom. The van der Waals surface area contributed by atoms with E-state index in [4.69, 9.17) is 9.47 Å². The third-order valence-electron chi connectivity index (χ3n) is 2.27. The van der Waals surface area contributed by atoms with Crippen LogP contribution in [0.15, 0.2) is 0 Å². The van der Waals surface area contributed by atoms with E-state index in [0.29, 0.717) is 19.6 Å². The quantitative estimate of drug-likeness (QED) is 0.692. The Hall–Kier alpha value is -0.610. The molecule has 0 radical (unpaired) electrons. The number of hydrogen-bond donors (Lipinski definition) is 1. The van der Waals surface area contributed by atoms with Crippen LogP contribution in [0.3, 0.4) is 0 Å². The molecule has 2 atom stereocenters. The molecule has 1 heterocycles. The zero-order chi connectivity index (χ0) is 9.68. The Balaban J connectivity index is 2.40. The summed E-state index contributed by atoms with van der Waals surface area (Å²) in [6.45, 7) is 3.12. The Labute approximate surface area is 78.6 Å². The summed E-state index contributed by atoms with van der Waals surface area (Å²) >= 11 is 0. The molecule has 1 aliphatic heterocycles. The molecule has 4 nitrogen and oxygen atoms in total. The third kappa shape index (κ3) is 2.97. The van der Waals surface area contributed by atoms with Crippen LogP contribution >= 0.6 is 0 Å². The van der Waals surface area contributed by atoms with Crippen molar-refractivity contribution < 1.29 is 14.3 Å². The lowest BCUT2D eigenvalue weighted by Crippen LogP contribution is -2.49. The van der Waals surface area contributed by atoms with Gasteiger partial charge in [0.05, 0.1) is 12.6 Å². The molecule has 0 aromatic rings. The molecule has 76 valence electrons. The van der Waals surface area contributed by atoms with E-state index in [-0.39, 0.29) is 18.1 Å². The second-order valence-electron chi connectivity index (χ2n) is 3.17. The topological polar surface area (TPSA) is 47.6 Å². The van der Waals surface area contributed by atoms with E-state index >= 15 is 0 Å². The number of carbonyl (C=O) groups is 1. The van der Waals surface area contributed by atoms with Gasteiger partial charge in [-0.15, -0.1) is 0 Å². The molecule has 1 fully saturated rings. The van der Waals surface area contributed by atoms with Crippen molar-refractivity contribution in [1.29, 1.82) is 0 Å². The van der Waals surface area contributed by atoms with Crippen LogP contribution in [0, 0.1) is 0 Å². The second-order valence-corrected chi connectivity index (χ2v) is 3.17. The standard InChI is InChI=1S/C9H17NO3/c1-3-9(11)10-7-4-5-13-6-8(7)12-2/h7-8H,3-6H2,1-2H3,(H,10,11). The van der Waals surface area contributed by atoms with Gasteiger partial charge in [-0.2, -0.15) is 0 Å².